The fourth-order valence-corrected chi connectivity index (χ4v) is 14.9. The molecule has 0 saturated carbocycles. The van der Waals surface area contributed by atoms with Gasteiger partial charge in [0.2, 0.25) is 0 Å². The van der Waals surface area contributed by atoms with Gasteiger partial charge in [-0.05, 0) is 216 Å². The van der Waals surface area contributed by atoms with Crippen LogP contribution in [0, 0.1) is 20.8 Å². The maximum Gasteiger partial charge on any atom is 2.00 e. The molecule has 17 aromatic rings. The Morgan fingerprint density at radius 2 is 0.610 bits per heavy atom. The summed E-state index contributed by atoms with van der Waals surface area (Å²) < 4.78 is 116. The number of aryl methyl sites for hydroxylation is 3. The first-order valence-electron chi connectivity index (χ1n) is 43.9. The summed E-state index contributed by atoms with van der Waals surface area (Å²) in [6.45, 7) is 49.2. The number of halogens is 9. The second-order valence-electron chi connectivity index (χ2n) is 38.3. The predicted molar refractivity (Wildman–Crippen MR) is 508 cm³/mol. The summed E-state index contributed by atoms with van der Waals surface area (Å²) in [6.07, 6.45) is -3.08. The first-order valence-corrected chi connectivity index (χ1v) is 43.9. The molecule has 0 atom stereocenters. The molecule has 30 heteroatoms. The van der Waals surface area contributed by atoms with Gasteiger partial charge in [-0.3, -0.25) is 29.9 Å². The Kier molecular flexibility index (Phi) is 35.2. The molecular formula is C106H109F9N18Pt3. The van der Waals surface area contributed by atoms with Gasteiger partial charge in [0.25, 0.3) is 0 Å². The number of nitrogens with zero attached hydrogens (tertiary/aromatic N) is 18. The van der Waals surface area contributed by atoms with Gasteiger partial charge in [0.15, 0.2) is 0 Å². The molecule has 0 radical (unpaired) electrons. The summed E-state index contributed by atoms with van der Waals surface area (Å²) >= 11 is 0. The van der Waals surface area contributed by atoms with Crippen LogP contribution in [-0.2, 0) is 103 Å². The number of hydrogen-bond donors (Lipinski definition) is 0. The minimum absolute atomic E-state index is 0. The van der Waals surface area contributed by atoms with Gasteiger partial charge < -0.3 is 61.2 Å². The smallest absolute Gasteiger partial charge is 0.574 e. The first kappa shape index (κ1) is 108. The van der Waals surface area contributed by atoms with Crippen molar-refractivity contribution in [1.82, 2.24) is 91.1 Å². The molecule has 0 unspecified atom stereocenters. The van der Waals surface area contributed by atoms with Crippen LogP contribution in [0.4, 0.5) is 39.5 Å². The maximum atomic E-state index is 13.0. The number of rotatable bonds is 12. The molecular weight excluding hydrogens is 2280 g/mol. The quantitative estimate of drug-likeness (QED) is 0.103. The van der Waals surface area contributed by atoms with Gasteiger partial charge in [-0.2, -0.15) is 39.5 Å². The topological polar surface area (TPSA) is 239 Å². The Balaban J connectivity index is 0.000000186. The van der Waals surface area contributed by atoms with Gasteiger partial charge in [-0.25, -0.2) is 0 Å². The SMILES string of the molecule is CC(C)(C)c1ccc2cnc(-c3cc(C(F)(F)F)n[n-]3)cc2c1.CC(C)c1cccc(C(C)C)c1-c1ccc2c(-c3cc(C(F)(F)F)n[n-]3)nccc2c1.CC(C)c1cccc(C(C)C)c1-c1cnc(-c2cc(C(F)(F)F)n[n-]2)c2ccccc12.Cc1cc(-c2cc(C(C)(C)C)ccn2)[n-]n1.Cc1cc(-c2cc(C(C)(C)C)ccn2)[n-]n1.Cc1cc(-c2cc(C(C)(C)C)ccn2)[n-]n1.[Pt+2].[Pt+2].[Pt+2]. The summed E-state index contributed by atoms with van der Waals surface area (Å²) in [5.74, 6) is 1.33. The molecule has 12 aromatic heterocycles. The Labute approximate surface area is 831 Å². The summed E-state index contributed by atoms with van der Waals surface area (Å²) in [6, 6.07) is 57.1. The van der Waals surface area contributed by atoms with E-state index in [0.717, 1.165) is 124 Å². The van der Waals surface area contributed by atoms with Gasteiger partial charge in [0, 0.05) is 93.1 Å². The van der Waals surface area contributed by atoms with Crippen LogP contribution in [0.3, 0.4) is 0 Å². The van der Waals surface area contributed by atoms with Crippen LogP contribution in [0.2, 0.25) is 0 Å². The fraction of sp³-hybridized carbons (Fsp3) is 0.321. The molecule has 5 aromatic carbocycles. The second-order valence-corrected chi connectivity index (χ2v) is 38.3. The average molecular weight is 2390 g/mol. The fourth-order valence-electron chi connectivity index (χ4n) is 14.9. The molecule has 0 amide bonds. The van der Waals surface area contributed by atoms with E-state index in [9.17, 15) is 39.5 Å². The number of alkyl halides is 9. The Morgan fingerprint density at radius 1 is 0.265 bits per heavy atom. The van der Waals surface area contributed by atoms with Gasteiger partial charge >= 0.3 is 81.7 Å². The predicted octanol–water partition coefficient (Wildman–Crippen LogP) is 27.1. The number of benzene rings is 5. The summed E-state index contributed by atoms with van der Waals surface area (Å²) in [5.41, 5.74) is 21.3. The van der Waals surface area contributed by atoms with E-state index in [1.165, 1.54) is 44.5 Å². The molecule has 0 N–H and O–H groups in total. The molecule has 0 saturated heterocycles. The van der Waals surface area contributed by atoms with Crippen molar-refractivity contribution in [3.8, 4) is 90.6 Å². The van der Waals surface area contributed by atoms with Crippen molar-refractivity contribution in [2.45, 2.75) is 223 Å². The van der Waals surface area contributed by atoms with Gasteiger partial charge in [-0.15, -0.1) is 0 Å². The van der Waals surface area contributed by atoms with E-state index in [1.807, 2.05) is 136 Å². The van der Waals surface area contributed by atoms with Crippen molar-refractivity contribution < 1.29 is 103 Å². The van der Waals surface area contributed by atoms with Crippen LogP contribution in [-0.4, -0.2) is 60.5 Å². The van der Waals surface area contributed by atoms with E-state index in [0.29, 0.717) is 40.8 Å². The van der Waals surface area contributed by atoms with Crippen molar-refractivity contribution in [2.24, 2.45) is 0 Å². The van der Waals surface area contributed by atoms with E-state index in [4.69, 9.17) is 0 Å². The van der Waals surface area contributed by atoms with Crippen molar-refractivity contribution in [1.29, 1.82) is 0 Å². The van der Waals surface area contributed by atoms with Crippen LogP contribution in [0.1, 0.15) is 241 Å². The van der Waals surface area contributed by atoms with E-state index < -0.39 is 35.6 Å². The van der Waals surface area contributed by atoms with Crippen LogP contribution < -0.4 is 30.6 Å². The summed E-state index contributed by atoms with van der Waals surface area (Å²) in [4.78, 5) is 26.1. The summed E-state index contributed by atoms with van der Waals surface area (Å²) in [5, 5.41) is 50.3. The monoisotopic (exact) mass is 2390 g/mol. The minimum Gasteiger partial charge on any atom is -0.574 e. The Bertz CT molecular complexity index is 6600. The third-order valence-corrected chi connectivity index (χ3v) is 22.3. The second kappa shape index (κ2) is 44.3. The summed E-state index contributed by atoms with van der Waals surface area (Å²) in [7, 11) is 0. The largest absolute Gasteiger partial charge is 2.00 e. The van der Waals surface area contributed by atoms with Crippen molar-refractivity contribution in [3.05, 3.63) is 298 Å². The van der Waals surface area contributed by atoms with Gasteiger partial charge in [0.05, 0.1) is 17.1 Å². The molecule has 0 aliphatic heterocycles. The van der Waals surface area contributed by atoms with Crippen LogP contribution in [0.5, 0.6) is 0 Å². The Morgan fingerprint density at radius 3 is 0.985 bits per heavy atom. The van der Waals surface area contributed by atoms with E-state index in [2.05, 4.69) is 290 Å². The molecule has 0 aliphatic rings. The average Bonchev–Trinajstić information content (AvgIpc) is 1.53. The number of pyridine rings is 6. The van der Waals surface area contributed by atoms with Gasteiger partial charge in [0.1, 0.15) is 17.1 Å². The first-order chi connectivity index (χ1) is 62.4. The third-order valence-electron chi connectivity index (χ3n) is 22.3. The molecule has 12 heterocycles. The third kappa shape index (κ3) is 26.8. The van der Waals surface area contributed by atoms with Crippen molar-refractivity contribution in [2.75, 3.05) is 0 Å². The number of fused-ring (bicyclic) bond motifs is 3. The van der Waals surface area contributed by atoms with Crippen molar-refractivity contribution in [3.63, 3.8) is 0 Å². The standard InChI is InChI=1S/2C25H23F3N3.C17H15F3N3.3C13H16N3.3Pt/c1-14(2)16-10-7-11-17(15(3)4)23(16)20-13-29-24(19-9-6-5-8-18(19)20)21-12-22(31-30-21)25(26,27)28;1-14(2)18-6-5-7-19(15(3)4)23(18)17-8-9-20-16(12-17)10-11-29-24(20)21-13-22(31-30-21)25(26,27)28;1-16(2,3)12-5-4-10-9-21-13(7-11(10)6-12)14-8-15(23-22-14)17(18,19)20;3*1-9-7-12(16-15-9)11-8-10(5-6-14-11)13(2,3)4;;;/h2*5-15H,1-4H3;4-9H,1-3H3;3*5-8H,1-4H3;;;/q6*-1;3*+2. The zero-order valence-corrected chi connectivity index (χ0v) is 86.8. The Hall–Kier alpha value is -11.5. The number of hydrogen-bond acceptors (Lipinski definition) is 12. The van der Waals surface area contributed by atoms with Gasteiger partial charge in [-0.1, -0.05) is 282 Å². The zero-order valence-electron chi connectivity index (χ0n) is 80.0. The molecule has 716 valence electrons. The van der Waals surface area contributed by atoms with Crippen LogP contribution >= 0.6 is 0 Å². The normalized spacial score (nSPS) is 11.9. The molecule has 0 aliphatic carbocycles. The molecule has 136 heavy (non-hydrogen) atoms. The number of aromatic nitrogens is 18. The van der Waals surface area contributed by atoms with E-state index >= 15 is 0 Å². The van der Waals surface area contributed by atoms with Crippen LogP contribution in [0.25, 0.3) is 123 Å². The molecule has 0 spiro atoms. The van der Waals surface area contributed by atoms with Crippen LogP contribution in [0.15, 0.2) is 219 Å². The molecule has 18 nitrogen and oxygen atoms in total. The zero-order chi connectivity index (χ0) is 96.8. The molecule has 0 bridgehead atoms. The minimum atomic E-state index is -4.54. The van der Waals surface area contributed by atoms with E-state index in [-0.39, 0.29) is 102 Å². The maximum absolute atomic E-state index is 13.0. The molecule has 0 fully saturated rings. The van der Waals surface area contributed by atoms with E-state index in [1.54, 1.807) is 24.7 Å². The molecule has 17 rings (SSSR count). The van der Waals surface area contributed by atoms with Crippen molar-refractivity contribution >= 4 is 32.3 Å².